The van der Waals surface area contributed by atoms with Crippen molar-refractivity contribution in [2.24, 2.45) is 0 Å². The number of carbonyl (C=O) groups excluding carboxylic acids is 1. The normalized spacial score (nSPS) is 14.5. The Morgan fingerprint density at radius 1 is 1.22 bits per heavy atom. The minimum Gasteiger partial charge on any atom is -0.293 e. The Morgan fingerprint density at radius 3 is 2.56 bits per heavy atom. The van der Waals surface area contributed by atoms with Crippen molar-refractivity contribution in [1.82, 2.24) is 15.0 Å². The minimum atomic E-state index is -0.0690. The Labute approximate surface area is 105 Å². The first-order chi connectivity index (χ1) is 8.75. The molecule has 3 rings (SSSR count). The van der Waals surface area contributed by atoms with Crippen molar-refractivity contribution in [3.05, 3.63) is 42.0 Å². The van der Waals surface area contributed by atoms with Gasteiger partial charge in [0.15, 0.2) is 11.6 Å². The van der Waals surface area contributed by atoms with E-state index < -0.39 is 0 Å². The second-order valence-corrected chi connectivity index (χ2v) is 4.57. The van der Waals surface area contributed by atoms with E-state index in [9.17, 15) is 4.79 Å². The van der Waals surface area contributed by atoms with Crippen LogP contribution in [0.3, 0.4) is 0 Å². The fourth-order valence-electron chi connectivity index (χ4n) is 1.97. The molecule has 2 heterocycles. The van der Waals surface area contributed by atoms with Crippen LogP contribution in [0, 0.1) is 0 Å². The van der Waals surface area contributed by atoms with Crippen molar-refractivity contribution in [2.45, 2.75) is 25.7 Å². The molecule has 2 aromatic heterocycles. The van der Waals surface area contributed by atoms with E-state index in [2.05, 4.69) is 15.0 Å². The third kappa shape index (κ3) is 2.01. The molecule has 0 atom stereocenters. The Balaban J connectivity index is 2.01. The van der Waals surface area contributed by atoms with Crippen molar-refractivity contribution in [2.75, 3.05) is 0 Å². The highest BCUT2D eigenvalue weighted by atomic mass is 16.1. The SMILES string of the molecule is CC(=O)c1ncccc1-c1ncc(C2CC2)cn1. The summed E-state index contributed by atoms with van der Waals surface area (Å²) in [7, 11) is 0. The van der Waals surface area contributed by atoms with E-state index in [0.29, 0.717) is 23.0 Å². The zero-order valence-corrected chi connectivity index (χ0v) is 10.1. The fourth-order valence-corrected chi connectivity index (χ4v) is 1.97. The lowest BCUT2D eigenvalue weighted by Crippen LogP contribution is -2.02. The molecule has 1 aliphatic rings. The van der Waals surface area contributed by atoms with Gasteiger partial charge in [0.1, 0.15) is 5.69 Å². The quantitative estimate of drug-likeness (QED) is 0.772. The summed E-state index contributed by atoms with van der Waals surface area (Å²) in [5, 5.41) is 0. The molecule has 0 saturated heterocycles. The molecule has 1 aliphatic carbocycles. The number of hydrogen-bond donors (Lipinski definition) is 0. The lowest BCUT2D eigenvalue weighted by molar-refractivity contribution is 0.101. The first kappa shape index (κ1) is 11.0. The monoisotopic (exact) mass is 239 g/mol. The van der Waals surface area contributed by atoms with Crippen LogP contribution in [0.4, 0.5) is 0 Å². The molecule has 0 aliphatic heterocycles. The summed E-state index contributed by atoms with van der Waals surface area (Å²) in [6.07, 6.45) is 7.79. The molecule has 0 spiro atoms. The Bertz CT molecular complexity index is 588. The highest BCUT2D eigenvalue weighted by molar-refractivity contribution is 5.97. The molecular weight excluding hydrogens is 226 g/mol. The average molecular weight is 239 g/mol. The summed E-state index contributed by atoms with van der Waals surface area (Å²) in [5.74, 6) is 1.14. The van der Waals surface area contributed by atoms with Gasteiger partial charge in [-0.1, -0.05) is 0 Å². The van der Waals surface area contributed by atoms with E-state index in [0.717, 1.165) is 0 Å². The lowest BCUT2D eigenvalue weighted by atomic mass is 10.1. The van der Waals surface area contributed by atoms with Crippen molar-refractivity contribution < 1.29 is 4.79 Å². The van der Waals surface area contributed by atoms with Crippen LogP contribution in [0.2, 0.25) is 0 Å². The predicted octanol–water partition coefficient (Wildman–Crippen LogP) is 2.62. The van der Waals surface area contributed by atoms with Crippen molar-refractivity contribution in [1.29, 1.82) is 0 Å². The highest BCUT2D eigenvalue weighted by Crippen LogP contribution is 2.39. The fraction of sp³-hybridized carbons (Fsp3) is 0.286. The van der Waals surface area contributed by atoms with Crippen LogP contribution >= 0.6 is 0 Å². The summed E-state index contributed by atoms with van der Waals surface area (Å²) >= 11 is 0. The molecule has 18 heavy (non-hydrogen) atoms. The Kier molecular flexibility index (Phi) is 2.63. The second-order valence-electron chi connectivity index (χ2n) is 4.57. The predicted molar refractivity (Wildman–Crippen MR) is 67.2 cm³/mol. The molecule has 0 amide bonds. The van der Waals surface area contributed by atoms with E-state index in [1.54, 1.807) is 12.3 Å². The number of rotatable bonds is 3. The van der Waals surface area contributed by atoms with Crippen LogP contribution in [-0.4, -0.2) is 20.7 Å². The smallest absolute Gasteiger partial charge is 0.178 e. The maximum absolute atomic E-state index is 11.5. The Morgan fingerprint density at radius 2 is 1.94 bits per heavy atom. The molecule has 0 N–H and O–H groups in total. The lowest BCUT2D eigenvalue weighted by Gasteiger charge is -2.05. The molecule has 4 nitrogen and oxygen atoms in total. The van der Waals surface area contributed by atoms with Gasteiger partial charge in [-0.05, 0) is 36.5 Å². The van der Waals surface area contributed by atoms with Crippen LogP contribution < -0.4 is 0 Å². The van der Waals surface area contributed by atoms with Crippen molar-refractivity contribution in [3.63, 3.8) is 0 Å². The molecule has 0 bridgehead atoms. The van der Waals surface area contributed by atoms with Gasteiger partial charge in [0.25, 0.3) is 0 Å². The molecule has 1 saturated carbocycles. The van der Waals surface area contributed by atoms with E-state index in [-0.39, 0.29) is 5.78 Å². The summed E-state index contributed by atoms with van der Waals surface area (Å²) < 4.78 is 0. The molecule has 0 aromatic carbocycles. The van der Waals surface area contributed by atoms with Crippen LogP contribution in [0.15, 0.2) is 30.7 Å². The molecule has 2 aromatic rings. The van der Waals surface area contributed by atoms with Gasteiger partial charge in [-0.2, -0.15) is 0 Å². The maximum atomic E-state index is 11.5. The number of pyridine rings is 1. The largest absolute Gasteiger partial charge is 0.293 e. The summed E-state index contributed by atoms with van der Waals surface area (Å²) in [4.78, 5) is 24.3. The first-order valence-corrected chi connectivity index (χ1v) is 6.04. The summed E-state index contributed by atoms with van der Waals surface area (Å²) in [5.41, 5.74) is 2.32. The van der Waals surface area contributed by atoms with Gasteiger partial charge in [-0.15, -0.1) is 0 Å². The van der Waals surface area contributed by atoms with E-state index in [4.69, 9.17) is 0 Å². The van der Waals surface area contributed by atoms with E-state index in [1.807, 2.05) is 18.5 Å². The molecule has 4 heteroatoms. The van der Waals surface area contributed by atoms with Gasteiger partial charge in [0.05, 0.1) is 0 Å². The van der Waals surface area contributed by atoms with Crippen molar-refractivity contribution in [3.8, 4) is 11.4 Å². The van der Waals surface area contributed by atoms with Crippen LogP contribution in [-0.2, 0) is 0 Å². The van der Waals surface area contributed by atoms with Gasteiger partial charge in [-0.25, -0.2) is 9.97 Å². The topological polar surface area (TPSA) is 55.7 Å². The molecule has 1 fully saturated rings. The number of ketones is 1. The van der Waals surface area contributed by atoms with E-state index in [1.165, 1.54) is 25.3 Å². The average Bonchev–Trinajstić information content (AvgIpc) is 3.23. The maximum Gasteiger partial charge on any atom is 0.178 e. The third-order valence-corrected chi connectivity index (χ3v) is 3.10. The van der Waals surface area contributed by atoms with Gasteiger partial charge in [-0.3, -0.25) is 9.78 Å². The zero-order valence-electron chi connectivity index (χ0n) is 10.1. The summed E-state index contributed by atoms with van der Waals surface area (Å²) in [6, 6.07) is 3.62. The van der Waals surface area contributed by atoms with Gasteiger partial charge < -0.3 is 0 Å². The molecule has 0 radical (unpaired) electrons. The third-order valence-electron chi connectivity index (χ3n) is 3.10. The Hall–Kier alpha value is -2.10. The zero-order chi connectivity index (χ0) is 12.5. The van der Waals surface area contributed by atoms with Crippen LogP contribution in [0.1, 0.15) is 41.7 Å². The summed E-state index contributed by atoms with van der Waals surface area (Å²) in [6.45, 7) is 1.50. The number of aromatic nitrogens is 3. The van der Waals surface area contributed by atoms with Gasteiger partial charge in [0.2, 0.25) is 0 Å². The molecule has 0 unspecified atom stereocenters. The van der Waals surface area contributed by atoms with Crippen LogP contribution in [0.5, 0.6) is 0 Å². The first-order valence-electron chi connectivity index (χ1n) is 6.04. The standard InChI is InChI=1S/C14H13N3O/c1-9(18)13-12(3-2-6-15-13)14-16-7-11(8-17-14)10-4-5-10/h2-3,6-8,10H,4-5H2,1H3. The van der Waals surface area contributed by atoms with Gasteiger partial charge >= 0.3 is 0 Å². The van der Waals surface area contributed by atoms with Gasteiger partial charge in [0, 0.05) is 31.1 Å². The van der Waals surface area contributed by atoms with Crippen LogP contribution in [0.25, 0.3) is 11.4 Å². The highest BCUT2D eigenvalue weighted by Gasteiger charge is 2.24. The van der Waals surface area contributed by atoms with Crippen molar-refractivity contribution >= 4 is 5.78 Å². The number of carbonyl (C=O) groups is 1. The number of hydrogen-bond acceptors (Lipinski definition) is 4. The second kappa shape index (κ2) is 4.29. The molecular formula is C14H13N3O. The number of Topliss-reactive ketones (excluding diaryl/α,β-unsaturated/α-hetero) is 1. The van der Waals surface area contributed by atoms with E-state index >= 15 is 0 Å². The minimum absolute atomic E-state index is 0.0690. The number of nitrogens with zero attached hydrogens (tertiary/aromatic N) is 3. The molecule has 90 valence electrons.